The van der Waals surface area contributed by atoms with Crippen molar-refractivity contribution in [2.45, 2.75) is 64.9 Å². The fourth-order valence-corrected chi connectivity index (χ4v) is 1.92. The third kappa shape index (κ3) is 4.70. The number of nitrogens with one attached hydrogen (secondary N) is 1. The van der Waals surface area contributed by atoms with Gasteiger partial charge in [-0.3, -0.25) is 4.79 Å². The van der Waals surface area contributed by atoms with Crippen LogP contribution in [-0.2, 0) is 14.3 Å². The van der Waals surface area contributed by atoms with Crippen molar-refractivity contribution in [3.63, 3.8) is 0 Å². The topological polar surface area (TPSA) is 84.9 Å². The van der Waals surface area contributed by atoms with Gasteiger partial charge < -0.3 is 19.9 Å². The minimum absolute atomic E-state index is 0.359. The third-order valence-corrected chi connectivity index (χ3v) is 2.94. The van der Waals surface area contributed by atoms with Crippen LogP contribution in [0, 0.1) is 5.92 Å². The van der Waals surface area contributed by atoms with E-state index in [1.807, 2.05) is 0 Å². The van der Waals surface area contributed by atoms with Gasteiger partial charge in [-0.25, -0.2) is 4.79 Å². The molecule has 1 fully saturated rings. The zero-order valence-electron chi connectivity index (χ0n) is 12.1. The molecule has 6 heteroatoms. The number of esters is 1. The number of alkyl carbamates (subject to hydrolysis) is 1. The van der Waals surface area contributed by atoms with Gasteiger partial charge in [-0.2, -0.15) is 0 Å². The summed E-state index contributed by atoms with van der Waals surface area (Å²) in [6, 6.07) is -0.359. The molecule has 1 amide bonds. The molecule has 110 valence electrons. The highest BCUT2D eigenvalue weighted by molar-refractivity contribution is 5.75. The Balaban J connectivity index is 2.49. The average Bonchev–Trinajstić information content (AvgIpc) is 2.57. The number of hydrogen-bond donors (Lipinski definition) is 2. The number of rotatable bonds is 3. The molecule has 1 heterocycles. The Kier molecular flexibility index (Phi) is 4.79. The van der Waals surface area contributed by atoms with Gasteiger partial charge in [0.15, 0.2) is 0 Å². The lowest BCUT2D eigenvalue weighted by atomic mass is 9.97. The summed E-state index contributed by atoms with van der Waals surface area (Å²) >= 11 is 0. The van der Waals surface area contributed by atoms with E-state index in [2.05, 4.69) is 5.32 Å². The first-order valence-electron chi connectivity index (χ1n) is 6.48. The van der Waals surface area contributed by atoms with E-state index in [1.54, 1.807) is 34.6 Å². The summed E-state index contributed by atoms with van der Waals surface area (Å²) in [6.45, 7) is 8.62. The molecule has 0 spiro atoms. The quantitative estimate of drug-likeness (QED) is 0.755. The van der Waals surface area contributed by atoms with Crippen molar-refractivity contribution in [1.82, 2.24) is 5.32 Å². The van der Waals surface area contributed by atoms with Gasteiger partial charge in [-0.15, -0.1) is 0 Å². The minimum Gasteiger partial charge on any atom is -0.460 e. The van der Waals surface area contributed by atoms with Crippen molar-refractivity contribution in [3.05, 3.63) is 0 Å². The molecular formula is C13H23NO5. The Hall–Kier alpha value is -1.30. The van der Waals surface area contributed by atoms with E-state index >= 15 is 0 Å². The van der Waals surface area contributed by atoms with Gasteiger partial charge in [-0.05, 0) is 34.6 Å². The van der Waals surface area contributed by atoms with E-state index < -0.39 is 35.8 Å². The minimum atomic E-state index is -0.744. The van der Waals surface area contributed by atoms with Gasteiger partial charge in [0.2, 0.25) is 0 Å². The zero-order chi connectivity index (χ0) is 14.8. The zero-order valence-corrected chi connectivity index (χ0v) is 12.1. The third-order valence-electron chi connectivity index (χ3n) is 2.94. The summed E-state index contributed by atoms with van der Waals surface area (Å²) < 4.78 is 10.3. The van der Waals surface area contributed by atoms with Crippen molar-refractivity contribution in [1.29, 1.82) is 0 Å². The summed E-state index contributed by atoms with van der Waals surface area (Å²) in [5, 5.41) is 12.1. The Morgan fingerprint density at radius 3 is 2.47 bits per heavy atom. The molecule has 2 N–H and O–H groups in total. The van der Waals surface area contributed by atoms with Gasteiger partial charge in [-0.1, -0.05) is 0 Å². The largest absolute Gasteiger partial charge is 0.460 e. The van der Waals surface area contributed by atoms with Crippen LogP contribution in [0.1, 0.15) is 41.0 Å². The van der Waals surface area contributed by atoms with Crippen LogP contribution in [0.4, 0.5) is 4.79 Å². The number of carbonyl (C=O) groups excluding carboxylic acids is 2. The molecule has 0 unspecified atom stereocenters. The molecule has 1 aliphatic rings. The van der Waals surface area contributed by atoms with Crippen LogP contribution >= 0.6 is 0 Å². The second-order valence-electron chi connectivity index (χ2n) is 5.99. The molecule has 1 saturated heterocycles. The van der Waals surface area contributed by atoms with Crippen LogP contribution in [0.5, 0.6) is 0 Å². The standard InChI is InChI=1S/C13H23NO5/c1-7(14-12(17)19-13(3,4)5)10-6-9(8(2)15)11(16)18-10/h7-10,15H,6H2,1-5H3,(H,14,17)/t7-,8-,9-,10+/m0/s1. The van der Waals surface area contributed by atoms with Crippen LogP contribution < -0.4 is 5.32 Å². The summed E-state index contributed by atoms with van der Waals surface area (Å²) in [7, 11) is 0. The maximum absolute atomic E-state index is 11.6. The van der Waals surface area contributed by atoms with Crippen LogP contribution in [0.3, 0.4) is 0 Å². The van der Waals surface area contributed by atoms with E-state index in [9.17, 15) is 14.7 Å². The first kappa shape index (κ1) is 15.8. The second-order valence-corrected chi connectivity index (χ2v) is 5.99. The van der Waals surface area contributed by atoms with Gasteiger partial charge in [0.25, 0.3) is 0 Å². The fraction of sp³-hybridized carbons (Fsp3) is 0.846. The number of hydrogen-bond acceptors (Lipinski definition) is 5. The van der Waals surface area contributed by atoms with Crippen molar-refractivity contribution in [2.75, 3.05) is 0 Å². The summed E-state index contributed by atoms with van der Waals surface area (Å²) in [5.74, 6) is -0.939. The highest BCUT2D eigenvalue weighted by Crippen LogP contribution is 2.26. The Bertz CT molecular complexity index is 347. The van der Waals surface area contributed by atoms with Crippen LogP contribution in [0.2, 0.25) is 0 Å². The molecule has 0 aliphatic carbocycles. The van der Waals surface area contributed by atoms with E-state index in [0.29, 0.717) is 6.42 Å². The normalized spacial score (nSPS) is 26.5. The van der Waals surface area contributed by atoms with Crippen molar-refractivity contribution in [3.8, 4) is 0 Å². The van der Waals surface area contributed by atoms with Crippen molar-refractivity contribution >= 4 is 12.1 Å². The van der Waals surface area contributed by atoms with Crippen molar-refractivity contribution in [2.24, 2.45) is 5.92 Å². The van der Waals surface area contributed by atoms with E-state index in [1.165, 1.54) is 0 Å². The number of amides is 1. The lowest BCUT2D eigenvalue weighted by Gasteiger charge is -2.24. The molecule has 19 heavy (non-hydrogen) atoms. The number of aliphatic hydroxyl groups is 1. The fourth-order valence-electron chi connectivity index (χ4n) is 1.92. The van der Waals surface area contributed by atoms with Crippen LogP contribution in [0.25, 0.3) is 0 Å². The smallest absolute Gasteiger partial charge is 0.407 e. The molecule has 4 atom stereocenters. The first-order valence-corrected chi connectivity index (χ1v) is 6.48. The molecule has 1 aliphatic heterocycles. The Labute approximate surface area is 113 Å². The molecule has 0 radical (unpaired) electrons. The van der Waals surface area contributed by atoms with Crippen LogP contribution in [0.15, 0.2) is 0 Å². The molecule has 0 aromatic heterocycles. The van der Waals surface area contributed by atoms with Gasteiger partial charge in [0.1, 0.15) is 11.7 Å². The summed E-state index contributed by atoms with van der Waals surface area (Å²) in [6.07, 6.45) is -1.32. The Morgan fingerprint density at radius 1 is 1.47 bits per heavy atom. The second kappa shape index (κ2) is 5.77. The predicted molar refractivity (Wildman–Crippen MR) is 68.5 cm³/mol. The van der Waals surface area contributed by atoms with E-state index in [-0.39, 0.29) is 6.04 Å². The molecule has 0 aromatic rings. The highest BCUT2D eigenvalue weighted by Gasteiger charge is 2.40. The molecule has 0 bridgehead atoms. The van der Waals surface area contributed by atoms with E-state index in [0.717, 1.165) is 0 Å². The predicted octanol–water partition coefficient (Wildman–Crippen LogP) is 1.21. The summed E-state index contributed by atoms with van der Waals surface area (Å²) in [4.78, 5) is 23.1. The number of ether oxygens (including phenoxy) is 2. The van der Waals surface area contributed by atoms with Gasteiger partial charge >= 0.3 is 12.1 Å². The number of carbonyl (C=O) groups is 2. The molecular weight excluding hydrogens is 250 g/mol. The maximum atomic E-state index is 11.6. The SMILES string of the molecule is C[C@H](O)[C@@H]1C[C@H]([C@H](C)NC(=O)OC(C)(C)C)OC1=O. The average molecular weight is 273 g/mol. The van der Waals surface area contributed by atoms with Crippen LogP contribution in [-0.4, -0.2) is 41.0 Å². The van der Waals surface area contributed by atoms with E-state index in [4.69, 9.17) is 9.47 Å². The molecule has 0 saturated carbocycles. The van der Waals surface area contributed by atoms with Gasteiger partial charge in [0, 0.05) is 6.42 Å². The van der Waals surface area contributed by atoms with Gasteiger partial charge in [0.05, 0.1) is 18.1 Å². The molecule has 0 aromatic carbocycles. The lowest BCUT2D eigenvalue weighted by molar-refractivity contribution is -0.147. The van der Waals surface area contributed by atoms with Crippen molar-refractivity contribution < 1.29 is 24.2 Å². The highest BCUT2D eigenvalue weighted by atomic mass is 16.6. The lowest BCUT2D eigenvalue weighted by Crippen LogP contribution is -2.43. The Morgan fingerprint density at radius 2 is 2.05 bits per heavy atom. The summed E-state index contributed by atoms with van der Waals surface area (Å²) in [5.41, 5.74) is -0.571. The molecule has 1 rings (SSSR count). The maximum Gasteiger partial charge on any atom is 0.407 e. The first-order chi connectivity index (χ1) is 8.60. The number of cyclic esters (lactones) is 1. The number of aliphatic hydroxyl groups excluding tert-OH is 1. The molecule has 6 nitrogen and oxygen atoms in total. The monoisotopic (exact) mass is 273 g/mol.